The monoisotopic (exact) mass is 481 g/mol. The Balaban J connectivity index is 1.88. The number of rotatable bonds is 3. The smallest absolute Gasteiger partial charge is 0.342 e. The number of esters is 2. The van der Waals surface area contributed by atoms with Gasteiger partial charge in [0, 0.05) is 23.4 Å². The van der Waals surface area contributed by atoms with E-state index in [1.165, 1.54) is 14.0 Å². The maximum Gasteiger partial charge on any atom is 0.342 e. The average Bonchev–Trinajstić information content (AvgIpc) is 3.15. The normalized spacial score (nSPS) is 37.9. The van der Waals surface area contributed by atoms with Gasteiger partial charge < -0.3 is 24.1 Å². The molecule has 8 nitrogen and oxygen atoms in total. The van der Waals surface area contributed by atoms with Crippen LogP contribution < -0.4 is 9.47 Å². The first kappa shape index (κ1) is 20.1. The summed E-state index contributed by atoms with van der Waals surface area (Å²) in [7, 11) is 4.76. The first-order valence-corrected chi connectivity index (χ1v) is 10.7. The number of carbonyl (C=O) groups excluding carboxylic acids is 2. The molecule has 4 aliphatic rings. The fraction of sp³-hybridized carbons (Fsp3) is 0.619. The molecule has 1 aromatic rings. The molecule has 5 rings (SSSR count). The molecule has 1 saturated carbocycles. The number of nitrogens with zero attached hydrogens (tertiary/aromatic N) is 1. The van der Waals surface area contributed by atoms with Crippen LogP contribution in [-0.4, -0.2) is 73.1 Å². The molecule has 0 radical (unpaired) electrons. The van der Waals surface area contributed by atoms with Gasteiger partial charge in [0.05, 0.1) is 25.7 Å². The van der Waals surface area contributed by atoms with Crippen molar-refractivity contribution in [1.82, 2.24) is 4.90 Å². The highest BCUT2D eigenvalue weighted by atomic mass is 79.9. The van der Waals surface area contributed by atoms with Crippen LogP contribution in [0.25, 0.3) is 0 Å². The lowest BCUT2D eigenvalue weighted by Crippen LogP contribution is -2.71. The summed E-state index contributed by atoms with van der Waals surface area (Å²) < 4.78 is 23.9. The van der Waals surface area contributed by atoms with Crippen LogP contribution in [0.1, 0.15) is 30.9 Å². The molecule has 0 amide bonds. The number of ether oxygens (including phenoxy) is 4. The van der Waals surface area contributed by atoms with Crippen LogP contribution in [0.4, 0.5) is 0 Å². The van der Waals surface area contributed by atoms with Gasteiger partial charge in [-0.05, 0) is 38.1 Å². The molecule has 2 aliphatic carbocycles. The van der Waals surface area contributed by atoms with Gasteiger partial charge in [-0.15, -0.1) is 0 Å². The fourth-order valence-corrected chi connectivity index (χ4v) is 7.16. The maximum absolute atomic E-state index is 12.9. The summed E-state index contributed by atoms with van der Waals surface area (Å²) in [5.41, 5.74) is -2.10. The van der Waals surface area contributed by atoms with Crippen molar-refractivity contribution < 1.29 is 33.6 Å². The van der Waals surface area contributed by atoms with Crippen LogP contribution in [0.15, 0.2) is 10.5 Å². The van der Waals surface area contributed by atoms with Gasteiger partial charge in [-0.25, -0.2) is 4.79 Å². The van der Waals surface area contributed by atoms with E-state index >= 15 is 0 Å². The molecule has 9 heteroatoms. The fourth-order valence-electron chi connectivity index (χ4n) is 6.60. The SMILES string of the molecule is COC(=O)[C@]1(O)C[C@@]2(OC(C)=O)[C@H]3Cc4c(Br)cc(OC)c5c4[C@@]2(CCN3C)[C@H]1O5. The van der Waals surface area contributed by atoms with E-state index in [0.717, 1.165) is 15.6 Å². The zero-order valence-corrected chi connectivity index (χ0v) is 18.9. The van der Waals surface area contributed by atoms with E-state index in [1.54, 1.807) is 7.11 Å². The molecule has 2 heterocycles. The predicted molar refractivity (Wildman–Crippen MR) is 108 cm³/mol. The molecular formula is C21H24BrNO7. The van der Waals surface area contributed by atoms with Gasteiger partial charge >= 0.3 is 11.9 Å². The molecule has 1 N–H and O–H groups in total. The second-order valence-electron chi connectivity index (χ2n) is 8.74. The van der Waals surface area contributed by atoms with E-state index in [1.807, 2.05) is 13.1 Å². The van der Waals surface area contributed by atoms with Crippen molar-refractivity contribution in [2.45, 2.75) is 54.9 Å². The summed E-state index contributed by atoms with van der Waals surface area (Å²) in [6, 6.07) is 1.61. The molecule has 2 aliphatic heterocycles. The van der Waals surface area contributed by atoms with Crippen LogP contribution in [0, 0.1) is 0 Å². The van der Waals surface area contributed by atoms with Crippen LogP contribution in [0.3, 0.4) is 0 Å². The van der Waals surface area contributed by atoms with Crippen LogP contribution >= 0.6 is 15.9 Å². The van der Waals surface area contributed by atoms with Crippen LogP contribution in [0.5, 0.6) is 11.5 Å². The summed E-state index contributed by atoms with van der Waals surface area (Å²) in [5.74, 6) is -0.238. The minimum atomic E-state index is -1.97. The lowest BCUT2D eigenvalue weighted by Gasteiger charge is -2.58. The molecular weight excluding hydrogens is 458 g/mol. The Kier molecular flexibility index (Phi) is 4.09. The quantitative estimate of drug-likeness (QED) is 0.646. The minimum Gasteiger partial charge on any atom is -0.493 e. The van der Waals surface area contributed by atoms with Crippen molar-refractivity contribution in [3.8, 4) is 11.5 Å². The maximum atomic E-state index is 12.9. The minimum absolute atomic E-state index is 0.0837. The van der Waals surface area contributed by atoms with Crippen molar-refractivity contribution in [2.24, 2.45) is 0 Å². The number of benzene rings is 1. The lowest BCUT2D eigenvalue weighted by molar-refractivity contribution is -0.189. The number of halogens is 1. The van der Waals surface area contributed by atoms with E-state index in [9.17, 15) is 14.7 Å². The van der Waals surface area contributed by atoms with Crippen molar-refractivity contribution in [2.75, 3.05) is 27.8 Å². The number of hydrogen-bond acceptors (Lipinski definition) is 8. The van der Waals surface area contributed by atoms with Gasteiger partial charge in [-0.2, -0.15) is 0 Å². The Morgan fingerprint density at radius 2 is 2.10 bits per heavy atom. The predicted octanol–water partition coefficient (Wildman–Crippen LogP) is 1.33. The number of carbonyl (C=O) groups is 2. The lowest BCUT2D eigenvalue weighted by atomic mass is 9.56. The largest absolute Gasteiger partial charge is 0.493 e. The van der Waals surface area contributed by atoms with E-state index in [-0.39, 0.29) is 12.5 Å². The third kappa shape index (κ3) is 2.04. The Hall–Kier alpha value is -1.84. The van der Waals surface area contributed by atoms with Crippen molar-refractivity contribution >= 4 is 27.9 Å². The molecule has 0 unspecified atom stereocenters. The van der Waals surface area contributed by atoms with Crippen LogP contribution in [-0.2, 0) is 30.9 Å². The van der Waals surface area contributed by atoms with Crippen LogP contribution in [0.2, 0.25) is 0 Å². The van der Waals surface area contributed by atoms with E-state index in [2.05, 4.69) is 20.8 Å². The van der Waals surface area contributed by atoms with Gasteiger partial charge in [0.2, 0.25) is 5.60 Å². The zero-order valence-electron chi connectivity index (χ0n) is 17.3. The van der Waals surface area contributed by atoms with Gasteiger partial charge in [0.25, 0.3) is 0 Å². The zero-order chi connectivity index (χ0) is 21.6. The second-order valence-corrected chi connectivity index (χ2v) is 9.59. The molecule has 30 heavy (non-hydrogen) atoms. The highest BCUT2D eigenvalue weighted by Gasteiger charge is 2.83. The van der Waals surface area contributed by atoms with E-state index in [4.69, 9.17) is 18.9 Å². The number of aliphatic hydroxyl groups is 1. The highest BCUT2D eigenvalue weighted by molar-refractivity contribution is 9.10. The number of methoxy groups -OCH3 is 2. The molecule has 2 fully saturated rings. The molecule has 162 valence electrons. The average molecular weight is 482 g/mol. The van der Waals surface area contributed by atoms with Gasteiger partial charge in [-0.3, -0.25) is 9.69 Å². The van der Waals surface area contributed by atoms with Gasteiger partial charge in [-0.1, -0.05) is 15.9 Å². The van der Waals surface area contributed by atoms with E-state index < -0.39 is 34.7 Å². The second kappa shape index (κ2) is 6.11. The highest BCUT2D eigenvalue weighted by Crippen LogP contribution is 2.71. The summed E-state index contributed by atoms with van der Waals surface area (Å²) >= 11 is 3.67. The molecule has 0 aromatic heterocycles. The number of piperidine rings is 1. The third-order valence-corrected chi connectivity index (χ3v) is 8.27. The first-order valence-electron chi connectivity index (χ1n) is 9.93. The molecule has 5 atom stereocenters. The number of hydrogen-bond donors (Lipinski definition) is 1. The Morgan fingerprint density at radius 3 is 2.73 bits per heavy atom. The molecule has 1 aromatic carbocycles. The van der Waals surface area contributed by atoms with Crippen molar-refractivity contribution in [3.05, 3.63) is 21.7 Å². The Morgan fingerprint density at radius 1 is 1.37 bits per heavy atom. The molecule has 1 saturated heterocycles. The molecule has 2 bridgehead atoms. The Bertz CT molecular complexity index is 983. The van der Waals surface area contributed by atoms with E-state index in [0.29, 0.717) is 30.9 Å². The number of likely N-dealkylation sites (tertiary alicyclic amines) is 1. The summed E-state index contributed by atoms with van der Waals surface area (Å²) in [6.45, 7) is 2.07. The van der Waals surface area contributed by atoms with Gasteiger partial charge in [0.15, 0.2) is 17.6 Å². The van der Waals surface area contributed by atoms with Crippen molar-refractivity contribution in [3.63, 3.8) is 0 Å². The third-order valence-electron chi connectivity index (χ3n) is 7.56. The number of likely N-dealkylation sites (N-methyl/N-ethyl adjacent to an activating group) is 1. The first-order chi connectivity index (χ1) is 14.2. The van der Waals surface area contributed by atoms with Gasteiger partial charge in [0.1, 0.15) is 5.60 Å². The summed E-state index contributed by atoms with van der Waals surface area (Å²) in [4.78, 5) is 27.4. The standard InChI is InChI=1S/C21H24BrNO7/c1-10(24)30-21-9-20(26,18(25)28-4)17-19(21)5-6-23(2)14(21)7-11-12(22)8-13(27-3)16(29-17)15(11)19/h8,14,17,26H,5-7,9H2,1-4H3/t14-,17-,19+,20+,21-/m1/s1. The topological polar surface area (TPSA) is 94.5 Å². The summed E-state index contributed by atoms with van der Waals surface area (Å²) in [5, 5.41) is 11.7. The Labute approximate surface area is 182 Å². The summed E-state index contributed by atoms with van der Waals surface area (Å²) in [6.07, 6.45) is 0.0904. The molecule has 1 spiro atoms. The van der Waals surface area contributed by atoms with Crippen molar-refractivity contribution in [1.29, 1.82) is 0 Å².